The van der Waals surface area contributed by atoms with Gasteiger partial charge < -0.3 is 5.32 Å². The molecule has 114 valence electrons. The molecule has 0 spiro atoms. The first-order valence-electron chi connectivity index (χ1n) is 7.39. The van der Waals surface area contributed by atoms with Gasteiger partial charge in [-0.3, -0.25) is 0 Å². The van der Waals surface area contributed by atoms with E-state index in [2.05, 4.69) is 46.5 Å². The molecule has 1 aromatic carbocycles. The SMILES string of the molecule is CCCNC(Cc1ccc(Br)cc1F)c1sccc1CC. The van der Waals surface area contributed by atoms with E-state index < -0.39 is 0 Å². The Balaban J connectivity index is 2.24. The molecule has 1 aromatic heterocycles. The summed E-state index contributed by atoms with van der Waals surface area (Å²) in [7, 11) is 0. The maximum absolute atomic E-state index is 14.1. The second-order valence-electron chi connectivity index (χ2n) is 5.11. The van der Waals surface area contributed by atoms with Crippen molar-refractivity contribution < 1.29 is 4.39 Å². The van der Waals surface area contributed by atoms with Crippen LogP contribution in [0.3, 0.4) is 0 Å². The van der Waals surface area contributed by atoms with E-state index in [1.54, 1.807) is 17.4 Å². The standard InChI is InChI=1S/C17H21BrFNS/c1-3-8-20-16(17-12(4-2)7-9-21-17)10-13-5-6-14(18)11-15(13)19/h5-7,9,11,16,20H,3-4,8,10H2,1-2H3. The lowest BCUT2D eigenvalue weighted by molar-refractivity contribution is 0.516. The van der Waals surface area contributed by atoms with Gasteiger partial charge in [0.15, 0.2) is 0 Å². The summed E-state index contributed by atoms with van der Waals surface area (Å²) in [6.45, 7) is 5.27. The summed E-state index contributed by atoms with van der Waals surface area (Å²) in [4.78, 5) is 1.34. The van der Waals surface area contributed by atoms with Crippen LogP contribution < -0.4 is 5.32 Å². The summed E-state index contributed by atoms with van der Waals surface area (Å²) in [5.41, 5.74) is 2.13. The van der Waals surface area contributed by atoms with Crippen LogP contribution in [0.2, 0.25) is 0 Å². The van der Waals surface area contributed by atoms with E-state index in [9.17, 15) is 4.39 Å². The lowest BCUT2D eigenvalue weighted by Gasteiger charge is -2.19. The molecule has 1 unspecified atom stereocenters. The van der Waals surface area contributed by atoms with Crippen molar-refractivity contribution in [1.82, 2.24) is 5.32 Å². The second-order valence-corrected chi connectivity index (χ2v) is 6.97. The van der Waals surface area contributed by atoms with Crippen LogP contribution in [-0.4, -0.2) is 6.54 Å². The fraction of sp³-hybridized carbons (Fsp3) is 0.412. The van der Waals surface area contributed by atoms with E-state index in [0.717, 1.165) is 29.4 Å². The van der Waals surface area contributed by atoms with Crippen LogP contribution in [0.5, 0.6) is 0 Å². The predicted octanol–water partition coefficient (Wildman–Crippen LogP) is 5.50. The molecule has 0 aliphatic rings. The Morgan fingerprint density at radius 3 is 2.71 bits per heavy atom. The minimum Gasteiger partial charge on any atom is -0.309 e. The van der Waals surface area contributed by atoms with Crippen molar-refractivity contribution in [2.45, 2.75) is 39.2 Å². The Bertz CT molecular complexity index is 582. The molecule has 1 atom stereocenters. The van der Waals surface area contributed by atoms with Crippen molar-refractivity contribution in [3.05, 3.63) is 55.9 Å². The third kappa shape index (κ3) is 4.38. The van der Waals surface area contributed by atoms with Crippen molar-refractivity contribution in [2.75, 3.05) is 6.54 Å². The smallest absolute Gasteiger partial charge is 0.127 e. The quantitative estimate of drug-likeness (QED) is 0.679. The summed E-state index contributed by atoms with van der Waals surface area (Å²) in [6.07, 6.45) is 2.78. The van der Waals surface area contributed by atoms with Crippen LogP contribution in [0.25, 0.3) is 0 Å². The lowest BCUT2D eigenvalue weighted by atomic mass is 10.0. The zero-order valence-corrected chi connectivity index (χ0v) is 14.9. The molecule has 0 amide bonds. The van der Waals surface area contributed by atoms with Gasteiger partial charge in [0.1, 0.15) is 5.82 Å². The molecule has 1 N–H and O–H groups in total. The van der Waals surface area contributed by atoms with E-state index in [1.807, 2.05) is 12.1 Å². The molecule has 0 saturated heterocycles. The average molecular weight is 370 g/mol. The Kier molecular flexibility index (Phi) is 6.40. The summed E-state index contributed by atoms with van der Waals surface area (Å²) in [5, 5.41) is 5.70. The third-order valence-corrected chi connectivity index (χ3v) is 5.12. The normalized spacial score (nSPS) is 12.6. The van der Waals surface area contributed by atoms with Gasteiger partial charge in [-0.05, 0) is 60.5 Å². The zero-order chi connectivity index (χ0) is 15.2. The van der Waals surface area contributed by atoms with Gasteiger partial charge in [-0.15, -0.1) is 11.3 Å². The minimum absolute atomic E-state index is 0.137. The molecule has 0 aliphatic carbocycles. The first kappa shape index (κ1) is 16.7. The maximum atomic E-state index is 14.1. The highest BCUT2D eigenvalue weighted by atomic mass is 79.9. The van der Waals surface area contributed by atoms with Crippen LogP contribution in [0.4, 0.5) is 4.39 Å². The van der Waals surface area contributed by atoms with Crippen LogP contribution in [0.15, 0.2) is 34.1 Å². The van der Waals surface area contributed by atoms with E-state index >= 15 is 0 Å². The predicted molar refractivity (Wildman–Crippen MR) is 92.5 cm³/mol. The fourth-order valence-corrected chi connectivity index (χ4v) is 3.84. The summed E-state index contributed by atoms with van der Waals surface area (Å²) < 4.78 is 14.9. The Labute approximate surface area is 138 Å². The Morgan fingerprint density at radius 1 is 1.24 bits per heavy atom. The van der Waals surface area contributed by atoms with E-state index in [1.165, 1.54) is 10.4 Å². The van der Waals surface area contributed by atoms with Crippen molar-refractivity contribution >= 4 is 27.3 Å². The van der Waals surface area contributed by atoms with Crippen molar-refractivity contribution in [3.63, 3.8) is 0 Å². The van der Waals surface area contributed by atoms with Gasteiger partial charge in [0, 0.05) is 15.4 Å². The largest absolute Gasteiger partial charge is 0.309 e. The van der Waals surface area contributed by atoms with Gasteiger partial charge >= 0.3 is 0 Å². The van der Waals surface area contributed by atoms with Gasteiger partial charge in [0.25, 0.3) is 0 Å². The molecule has 2 aromatic rings. The molecule has 21 heavy (non-hydrogen) atoms. The molecule has 0 aliphatic heterocycles. The molecule has 0 saturated carbocycles. The Morgan fingerprint density at radius 2 is 2.05 bits per heavy atom. The number of hydrogen-bond donors (Lipinski definition) is 1. The number of rotatable bonds is 7. The van der Waals surface area contributed by atoms with Crippen molar-refractivity contribution in [1.29, 1.82) is 0 Å². The third-order valence-electron chi connectivity index (χ3n) is 3.56. The number of halogens is 2. The first-order chi connectivity index (χ1) is 10.2. The van der Waals surface area contributed by atoms with E-state index in [4.69, 9.17) is 0 Å². The zero-order valence-electron chi connectivity index (χ0n) is 12.5. The van der Waals surface area contributed by atoms with Crippen LogP contribution in [0, 0.1) is 5.82 Å². The maximum Gasteiger partial charge on any atom is 0.127 e. The van der Waals surface area contributed by atoms with Gasteiger partial charge in [0.2, 0.25) is 0 Å². The molecule has 0 bridgehead atoms. The molecular weight excluding hydrogens is 349 g/mol. The summed E-state index contributed by atoms with van der Waals surface area (Å²) in [6, 6.07) is 7.69. The van der Waals surface area contributed by atoms with Gasteiger partial charge in [0.05, 0.1) is 0 Å². The fourth-order valence-electron chi connectivity index (χ4n) is 2.43. The molecule has 1 nitrogen and oxygen atoms in total. The highest BCUT2D eigenvalue weighted by Crippen LogP contribution is 2.29. The van der Waals surface area contributed by atoms with Gasteiger partial charge in [-0.1, -0.05) is 35.8 Å². The highest BCUT2D eigenvalue weighted by molar-refractivity contribution is 9.10. The molecule has 0 fully saturated rings. The van der Waals surface area contributed by atoms with E-state index in [0.29, 0.717) is 6.42 Å². The van der Waals surface area contributed by atoms with Gasteiger partial charge in [-0.2, -0.15) is 0 Å². The van der Waals surface area contributed by atoms with Gasteiger partial charge in [-0.25, -0.2) is 4.39 Å². The number of nitrogens with one attached hydrogen (secondary N) is 1. The number of thiophene rings is 1. The average Bonchev–Trinajstić information content (AvgIpc) is 2.94. The van der Waals surface area contributed by atoms with E-state index in [-0.39, 0.29) is 11.9 Å². The van der Waals surface area contributed by atoms with Crippen molar-refractivity contribution in [2.24, 2.45) is 0 Å². The molecular formula is C17H21BrFNS. The lowest BCUT2D eigenvalue weighted by Crippen LogP contribution is -2.24. The topological polar surface area (TPSA) is 12.0 Å². The Hall–Kier alpha value is -0.710. The van der Waals surface area contributed by atoms with Crippen LogP contribution in [-0.2, 0) is 12.8 Å². The summed E-state index contributed by atoms with van der Waals surface area (Å²) >= 11 is 5.08. The number of hydrogen-bond acceptors (Lipinski definition) is 2. The molecule has 2 rings (SSSR count). The monoisotopic (exact) mass is 369 g/mol. The molecule has 4 heteroatoms. The van der Waals surface area contributed by atoms with Crippen LogP contribution in [0.1, 0.15) is 42.3 Å². The second kappa shape index (κ2) is 8.06. The van der Waals surface area contributed by atoms with Crippen LogP contribution >= 0.6 is 27.3 Å². The first-order valence-corrected chi connectivity index (χ1v) is 9.06. The number of aryl methyl sites for hydroxylation is 1. The minimum atomic E-state index is -0.137. The highest BCUT2D eigenvalue weighted by Gasteiger charge is 2.18. The summed E-state index contributed by atoms with van der Waals surface area (Å²) in [5.74, 6) is -0.137. The molecule has 0 radical (unpaired) electrons. The number of benzene rings is 1. The van der Waals surface area contributed by atoms with Crippen molar-refractivity contribution in [3.8, 4) is 0 Å². The molecule has 1 heterocycles.